The highest BCUT2D eigenvalue weighted by Gasteiger charge is 2.14. The maximum atomic E-state index is 4.86. The Bertz CT molecular complexity index is 676. The highest BCUT2D eigenvalue weighted by molar-refractivity contribution is 7.78. The van der Waals surface area contributed by atoms with Gasteiger partial charge in [-0.15, -0.1) is 0 Å². The summed E-state index contributed by atoms with van der Waals surface area (Å²) < 4.78 is 0. The minimum atomic E-state index is 0.0450. The van der Waals surface area contributed by atoms with E-state index >= 15 is 0 Å². The lowest BCUT2D eigenvalue weighted by molar-refractivity contribution is 0.722. The Hall–Kier alpha value is -1.76. The maximum absolute atomic E-state index is 4.86. The molecular weight excluding hydrogens is 274 g/mol. The molecule has 0 aliphatic rings. The summed E-state index contributed by atoms with van der Waals surface area (Å²) >= 11 is 4.86. The van der Waals surface area contributed by atoms with Crippen molar-refractivity contribution in [2.24, 2.45) is 4.99 Å². The molecule has 108 valence electrons. The Kier molecular flexibility index (Phi) is 5.06. The molecule has 0 N–H and O–H groups in total. The average molecular weight is 295 g/mol. The van der Waals surface area contributed by atoms with Crippen molar-refractivity contribution in [2.45, 2.75) is 40.2 Å². The van der Waals surface area contributed by atoms with Crippen molar-refractivity contribution in [3.8, 4) is 0 Å². The van der Waals surface area contributed by atoms with Crippen molar-refractivity contribution in [1.29, 1.82) is 0 Å². The van der Waals surface area contributed by atoms with Gasteiger partial charge in [0.25, 0.3) is 0 Å². The fraction of sp³-hybridized carbons (Fsp3) is 0.316. The third-order valence-corrected chi connectivity index (χ3v) is 4.03. The van der Waals surface area contributed by atoms with Gasteiger partial charge in [-0.3, -0.25) is 0 Å². The van der Waals surface area contributed by atoms with Crippen LogP contribution in [0.4, 0.5) is 0 Å². The van der Waals surface area contributed by atoms with Crippen molar-refractivity contribution in [3.05, 3.63) is 69.8 Å². The minimum absolute atomic E-state index is 0.0450. The number of aliphatic imine (C=N–C) groups is 1. The van der Waals surface area contributed by atoms with Gasteiger partial charge in [0.05, 0.1) is 11.2 Å². The van der Waals surface area contributed by atoms with Gasteiger partial charge >= 0.3 is 0 Å². The van der Waals surface area contributed by atoms with Crippen LogP contribution in [0.1, 0.15) is 39.4 Å². The molecule has 0 aliphatic carbocycles. The molecule has 0 radical (unpaired) electrons. The van der Waals surface area contributed by atoms with Crippen molar-refractivity contribution in [3.63, 3.8) is 0 Å². The van der Waals surface area contributed by atoms with Crippen LogP contribution in [0.25, 0.3) is 0 Å². The standard InChI is InChI=1S/C19H21NS/c1-13-8-14(2)10-17(9-13)11-19(20-12-21)18-7-5-6-15(3)16(18)4/h5-10,19H,11H2,1-4H3. The van der Waals surface area contributed by atoms with E-state index in [2.05, 4.69) is 74.2 Å². The molecule has 0 heterocycles. The van der Waals surface area contributed by atoms with Crippen LogP contribution >= 0.6 is 12.2 Å². The fourth-order valence-corrected chi connectivity index (χ4v) is 2.96. The highest BCUT2D eigenvalue weighted by atomic mass is 32.1. The zero-order valence-corrected chi connectivity index (χ0v) is 13.9. The molecular formula is C19H21NS. The van der Waals surface area contributed by atoms with Crippen molar-refractivity contribution < 1.29 is 0 Å². The third-order valence-electron chi connectivity index (χ3n) is 3.92. The second-order valence-electron chi connectivity index (χ2n) is 5.73. The van der Waals surface area contributed by atoms with Gasteiger partial charge in [0, 0.05) is 0 Å². The molecule has 1 atom stereocenters. The Morgan fingerprint density at radius 2 is 1.71 bits per heavy atom. The van der Waals surface area contributed by atoms with E-state index in [0.29, 0.717) is 0 Å². The first-order valence-electron chi connectivity index (χ1n) is 7.21. The third kappa shape index (κ3) is 3.87. The van der Waals surface area contributed by atoms with Crippen molar-refractivity contribution >= 4 is 17.4 Å². The Morgan fingerprint density at radius 3 is 2.33 bits per heavy atom. The van der Waals surface area contributed by atoms with E-state index in [4.69, 9.17) is 12.2 Å². The molecule has 0 aliphatic heterocycles. The van der Waals surface area contributed by atoms with Gasteiger partial charge in [-0.05, 0) is 68.6 Å². The number of aryl methyl sites for hydroxylation is 3. The molecule has 2 aromatic rings. The van der Waals surface area contributed by atoms with Gasteiger partial charge in [0.15, 0.2) is 0 Å². The monoisotopic (exact) mass is 295 g/mol. The molecule has 21 heavy (non-hydrogen) atoms. The summed E-state index contributed by atoms with van der Waals surface area (Å²) in [7, 11) is 0. The molecule has 2 rings (SSSR count). The second kappa shape index (κ2) is 6.80. The summed E-state index contributed by atoms with van der Waals surface area (Å²) in [4.78, 5) is 4.42. The Balaban J connectivity index is 2.40. The second-order valence-corrected chi connectivity index (χ2v) is 5.91. The van der Waals surface area contributed by atoms with Crippen LogP contribution in [0.5, 0.6) is 0 Å². The Morgan fingerprint density at radius 1 is 1.05 bits per heavy atom. The van der Waals surface area contributed by atoms with Crippen LogP contribution in [-0.4, -0.2) is 5.16 Å². The number of isothiocyanates is 1. The van der Waals surface area contributed by atoms with Crippen LogP contribution in [0, 0.1) is 27.7 Å². The number of rotatable bonds is 4. The van der Waals surface area contributed by atoms with Gasteiger partial charge < -0.3 is 0 Å². The van der Waals surface area contributed by atoms with E-state index in [1.807, 2.05) is 0 Å². The number of hydrogen-bond donors (Lipinski definition) is 0. The van der Waals surface area contributed by atoms with Crippen LogP contribution in [0.3, 0.4) is 0 Å². The summed E-state index contributed by atoms with van der Waals surface area (Å²) in [5.41, 5.74) is 7.70. The SMILES string of the molecule is Cc1cc(C)cc(CC(N=C=S)c2cccc(C)c2C)c1. The lowest BCUT2D eigenvalue weighted by atomic mass is 9.92. The summed E-state index contributed by atoms with van der Waals surface area (Å²) in [5.74, 6) is 0. The highest BCUT2D eigenvalue weighted by Crippen LogP contribution is 2.27. The number of benzene rings is 2. The normalized spacial score (nSPS) is 11.8. The molecule has 2 heteroatoms. The topological polar surface area (TPSA) is 12.4 Å². The number of thiocarbonyl (C=S) groups is 1. The molecule has 0 saturated heterocycles. The van der Waals surface area contributed by atoms with Crippen LogP contribution in [-0.2, 0) is 6.42 Å². The van der Waals surface area contributed by atoms with Gasteiger partial charge in [0.2, 0.25) is 0 Å². The van der Waals surface area contributed by atoms with Gasteiger partial charge in [0.1, 0.15) is 0 Å². The molecule has 0 saturated carbocycles. The maximum Gasteiger partial charge on any atom is 0.0895 e. The molecule has 1 unspecified atom stereocenters. The first-order chi connectivity index (χ1) is 10.0. The molecule has 0 fully saturated rings. The predicted octanol–water partition coefficient (Wildman–Crippen LogP) is 5.31. The Labute approximate surface area is 132 Å². The lowest BCUT2D eigenvalue weighted by Gasteiger charge is -2.16. The van der Waals surface area contributed by atoms with Crippen LogP contribution < -0.4 is 0 Å². The summed E-state index contributed by atoms with van der Waals surface area (Å²) in [6.07, 6.45) is 0.858. The molecule has 0 amide bonds. The average Bonchev–Trinajstić information content (AvgIpc) is 2.40. The quantitative estimate of drug-likeness (QED) is 0.550. The molecule has 0 aromatic heterocycles. The van der Waals surface area contributed by atoms with Gasteiger partial charge in [-0.2, -0.15) is 0 Å². The van der Waals surface area contributed by atoms with E-state index in [0.717, 1.165) is 6.42 Å². The van der Waals surface area contributed by atoms with Gasteiger partial charge in [-0.1, -0.05) is 47.5 Å². The predicted molar refractivity (Wildman–Crippen MR) is 93.3 cm³/mol. The number of nitrogens with zero attached hydrogens (tertiary/aromatic N) is 1. The zero-order chi connectivity index (χ0) is 15.4. The zero-order valence-electron chi connectivity index (χ0n) is 13.1. The fourth-order valence-electron chi connectivity index (χ4n) is 2.83. The first kappa shape index (κ1) is 15.6. The summed E-state index contributed by atoms with van der Waals surface area (Å²) in [6.45, 7) is 8.55. The molecule has 2 aromatic carbocycles. The summed E-state index contributed by atoms with van der Waals surface area (Å²) in [6, 6.07) is 13.1. The smallest absolute Gasteiger partial charge is 0.0895 e. The van der Waals surface area contributed by atoms with Crippen molar-refractivity contribution in [2.75, 3.05) is 0 Å². The van der Waals surface area contributed by atoms with E-state index in [9.17, 15) is 0 Å². The van der Waals surface area contributed by atoms with E-state index in [-0.39, 0.29) is 6.04 Å². The van der Waals surface area contributed by atoms with Gasteiger partial charge in [-0.25, -0.2) is 4.99 Å². The number of hydrogen-bond acceptors (Lipinski definition) is 2. The van der Waals surface area contributed by atoms with E-state index < -0.39 is 0 Å². The summed E-state index contributed by atoms with van der Waals surface area (Å²) in [5, 5.41) is 2.57. The van der Waals surface area contributed by atoms with Crippen LogP contribution in [0.15, 0.2) is 41.4 Å². The van der Waals surface area contributed by atoms with E-state index in [1.165, 1.54) is 33.4 Å². The molecule has 0 spiro atoms. The van der Waals surface area contributed by atoms with Crippen LogP contribution in [0.2, 0.25) is 0 Å². The molecule has 0 bridgehead atoms. The molecule has 1 nitrogen and oxygen atoms in total. The largest absolute Gasteiger partial charge is 0.224 e. The van der Waals surface area contributed by atoms with Crippen molar-refractivity contribution in [1.82, 2.24) is 0 Å². The lowest BCUT2D eigenvalue weighted by Crippen LogP contribution is -2.04. The van der Waals surface area contributed by atoms with E-state index in [1.54, 1.807) is 0 Å². The minimum Gasteiger partial charge on any atom is -0.224 e. The first-order valence-corrected chi connectivity index (χ1v) is 7.62.